The van der Waals surface area contributed by atoms with Gasteiger partial charge in [0.2, 0.25) is 11.7 Å². The fourth-order valence-corrected chi connectivity index (χ4v) is 4.10. The molecule has 2 N–H and O–H groups in total. The van der Waals surface area contributed by atoms with Crippen molar-refractivity contribution in [3.05, 3.63) is 24.2 Å². The van der Waals surface area contributed by atoms with Crippen LogP contribution in [0.4, 0.5) is 0 Å². The van der Waals surface area contributed by atoms with Gasteiger partial charge in [0, 0.05) is 59.3 Å². The molecule has 11 heteroatoms. The molecule has 4 rings (SSSR count). The number of likely N-dealkylation sites (tertiary alicyclic amines) is 1. The predicted octanol–water partition coefficient (Wildman–Crippen LogP) is 1.43. The number of hydrogen-bond donors (Lipinski definition) is 2. The molecule has 0 aliphatic carbocycles. The first-order valence-electron chi connectivity index (χ1n) is 11.1. The first-order valence-corrected chi connectivity index (χ1v) is 11.1. The molecule has 0 aromatic carbocycles. The molecule has 2 saturated heterocycles. The van der Waals surface area contributed by atoms with E-state index in [9.17, 15) is 4.79 Å². The summed E-state index contributed by atoms with van der Waals surface area (Å²) in [6.07, 6.45) is 5.84. The summed E-state index contributed by atoms with van der Waals surface area (Å²) in [5.41, 5.74) is 0. The van der Waals surface area contributed by atoms with Gasteiger partial charge in [-0.05, 0) is 31.4 Å². The molecule has 0 saturated carbocycles. The number of rotatable bonds is 6. The molecule has 0 unspecified atom stereocenters. The van der Waals surface area contributed by atoms with E-state index in [0.29, 0.717) is 31.1 Å². The number of amides is 1. The Kier molecular flexibility index (Phi) is 9.33. The minimum Gasteiger partial charge on any atom is -0.461 e. The molecule has 0 spiro atoms. The van der Waals surface area contributed by atoms with E-state index < -0.39 is 0 Å². The smallest absolute Gasteiger partial charge is 0.236 e. The van der Waals surface area contributed by atoms with Gasteiger partial charge in [-0.2, -0.15) is 5.10 Å². The summed E-state index contributed by atoms with van der Waals surface area (Å²) in [5, 5.41) is 10.6. The molecule has 0 radical (unpaired) electrons. The number of nitrogens with zero attached hydrogens (tertiary/aromatic N) is 6. The second-order valence-electron chi connectivity index (χ2n) is 8.01. The Bertz CT molecular complexity index is 855. The van der Waals surface area contributed by atoms with Crippen molar-refractivity contribution in [2.45, 2.75) is 25.7 Å². The van der Waals surface area contributed by atoms with Crippen molar-refractivity contribution in [1.29, 1.82) is 0 Å². The first-order chi connectivity index (χ1) is 15.2. The number of aliphatic imine (C=N–C) groups is 1. The molecule has 176 valence electrons. The van der Waals surface area contributed by atoms with Gasteiger partial charge in [-0.3, -0.25) is 19.8 Å². The summed E-state index contributed by atoms with van der Waals surface area (Å²) < 4.78 is 5.33. The van der Waals surface area contributed by atoms with E-state index in [0.717, 1.165) is 63.9 Å². The zero-order chi connectivity index (χ0) is 21.5. The van der Waals surface area contributed by atoms with Gasteiger partial charge >= 0.3 is 0 Å². The number of carbonyl (C=O) groups excluding carboxylic acids is 1. The maximum Gasteiger partial charge on any atom is 0.236 e. The molecule has 2 fully saturated rings. The van der Waals surface area contributed by atoms with Gasteiger partial charge in [0.1, 0.15) is 5.82 Å². The molecule has 2 aliphatic heterocycles. The van der Waals surface area contributed by atoms with Crippen molar-refractivity contribution in [3.8, 4) is 11.6 Å². The van der Waals surface area contributed by atoms with Crippen LogP contribution in [0.25, 0.3) is 11.6 Å². The lowest BCUT2D eigenvalue weighted by Crippen LogP contribution is -2.54. The Morgan fingerprint density at radius 3 is 2.62 bits per heavy atom. The highest BCUT2D eigenvalue weighted by molar-refractivity contribution is 14.0. The SMILES string of the molecule is CN=C(NCCc1nc(-c2ccco2)n[nH]1)N1CCN(CC(=O)N2CCCCC2)CC1.I. The average molecular weight is 556 g/mol. The van der Waals surface area contributed by atoms with Crippen LogP contribution < -0.4 is 5.32 Å². The Morgan fingerprint density at radius 1 is 1.16 bits per heavy atom. The monoisotopic (exact) mass is 556 g/mol. The van der Waals surface area contributed by atoms with E-state index in [4.69, 9.17) is 4.42 Å². The van der Waals surface area contributed by atoms with Gasteiger partial charge in [0.25, 0.3) is 0 Å². The maximum atomic E-state index is 12.5. The third-order valence-corrected chi connectivity index (χ3v) is 5.87. The summed E-state index contributed by atoms with van der Waals surface area (Å²) in [5.74, 6) is 3.18. The number of hydrogen-bond acceptors (Lipinski definition) is 6. The van der Waals surface area contributed by atoms with Crippen molar-refractivity contribution in [3.63, 3.8) is 0 Å². The number of piperidine rings is 1. The van der Waals surface area contributed by atoms with Crippen LogP contribution in [0.15, 0.2) is 27.8 Å². The molecule has 32 heavy (non-hydrogen) atoms. The van der Waals surface area contributed by atoms with Crippen molar-refractivity contribution >= 4 is 35.8 Å². The summed E-state index contributed by atoms with van der Waals surface area (Å²) >= 11 is 0. The zero-order valence-electron chi connectivity index (χ0n) is 18.6. The molecule has 2 aliphatic rings. The van der Waals surface area contributed by atoms with E-state index in [2.05, 4.69) is 35.3 Å². The minimum atomic E-state index is 0. The van der Waals surface area contributed by atoms with Crippen LogP contribution in [-0.4, -0.2) is 101 Å². The summed E-state index contributed by atoms with van der Waals surface area (Å²) in [6.45, 7) is 6.53. The van der Waals surface area contributed by atoms with Gasteiger partial charge in [-0.1, -0.05) is 0 Å². The number of halogens is 1. The number of guanidine groups is 1. The van der Waals surface area contributed by atoms with E-state index in [1.807, 2.05) is 17.0 Å². The van der Waals surface area contributed by atoms with Crippen LogP contribution in [-0.2, 0) is 11.2 Å². The second-order valence-corrected chi connectivity index (χ2v) is 8.01. The number of nitrogens with one attached hydrogen (secondary N) is 2. The van der Waals surface area contributed by atoms with Crippen LogP contribution in [0.5, 0.6) is 0 Å². The largest absolute Gasteiger partial charge is 0.461 e. The van der Waals surface area contributed by atoms with E-state index in [-0.39, 0.29) is 29.9 Å². The van der Waals surface area contributed by atoms with Crippen LogP contribution in [0.2, 0.25) is 0 Å². The highest BCUT2D eigenvalue weighted by Gasteiger charge is 2.24. The normalized spacial score (nSPS) is 17.8. The number of aromatic amines is 1. The van der Waals surface area contributed by atoms with Crippen molar-refractivity contribution in [2.24, 2.45) is 4.99 Å². The molecule has 10 nitrogen and oxygen atoms in total. The Morgan fingerprint density at radius 2 is 1.94 bits per heavy atom. The number of aromatic nitrogens is 3. The molecule has 4 heterocycles. The lowest BCUT2D eigenvalue weighted by Gasteiger charge is -2.37. The molecule has 2 aromatic rings. The van der Waals surface area contributed by atoms with Gasteiger partial charge in [0.05, 0.1) is 12.8 Å². The number of carbonyl (C=O) groups is 1. The fraction of sp³-hybridized carbons (Fsp3) is 0.619. The highest BCUT2D eigenvalue weighted by Crippen LogP contribution is 2.14. The second kappa shape index (κ2) is 12.2. The topological polar surface area (TPSA) is 106 Å². The maximum absolute atomic E-state index is 12.5. The van der Waals surface area contributed by atoms with E-state index in [1.54, 1.807) is 13.3 Å². The van der Waals surface area contributed by atoms with Crippen LogP contribution in [0.1, 0.15) is 25.1 Å². The Balaban J connectivity index is 0.00000289. The van der Waals surface area contributed by atoms with E-state index in [1.165, 1.54) is 6.42 Å². The van der Waals surface area contributed by atoms with Crippen molar-refractivity contribution < 1.29 is 9.21 Å². The van der Waals surface area contributed by atoms with Gasteiger partial charge in [0.15, 0.2) is 11.7 Å². The quantitative estimate of drug-likeness (QED) is 0.315. The summed E-state index contributed by atoms with van der Waals surface area (Å²) in [7, 11) is 1.80. The third kappa shape index (κ3) is 6.44. The number of H-pyrrole nitrogens is 1. The minimum absolute atomic E-state index is 0. The van der Waals surface area contributed by atoms with E-state index >= 15 is 0 Å². The predicted molar refractivity (Wildman–Crippen MR) is 133 cm³/mol. The third-order valence-electron chi connectivity index (χ3n) is 5.87. The fourth-order valence-electron chi connectivity index (χ4n) is 4.10. The Hall–Kier alpha value is -2.15. The Labute approximate surface area is 205 Å². The number of furan rings is 1. The van der Waals surface area contributed by atoms with Gasteiger partial charge in [-0.25, -0.2) is 4.98 Å². The molecular formula is C21H33IN8O2. The molecule has 1 amide bonds. The lowest BCUT2D eigenvalue weighted by molar-refractivity contribution is -0.133. The van der Waals surface area contributed by atoms with Crippen LogP contribution >= 0.6 is 24.0 Å². The van der Waals surface area contributed by atoms with Crippen molar-refractivity contribution in [2.75, 3.05) is 59.4 Å². The zero-order valence-corrected chi connectivity index (χ0v) is 21.0. The first kappa shape index (κ1) is 24.5. The lowest BCUT2D eigenvalue weighted by atomic mass is 10.1. The van der Waals surface area contributed by atoms with Crippen LogP contribution in [0.3, 0.4) is 0 Å². The van der Waals surface area contributed by atoms with Crippen LogP contribution in [0, 0.1) is 0 Å². The van der Waals surface area contributed by atoms with Crippen molar-refractivity contribution in [1.82, 2.24) is 35.2 Å². The standard InChI is InChI=1S/C21H32N8O2.HI/c1-22-21(23-8-7-18-24-20(26-25-18)17-6-5-15-31-17)29-13-11-27(12-14-29)16-19(30)28-9-3-2-4-10-28;/h5-6,15H,2-4,7-14,16H2,1H3,(H,22,23)(H,24,25,26);1H. The molecular weight excluding hydrogens is 523 g/mol. The number of piperazine rings is 1. The molecule has 0 atom stereocenters. The van der Waals surface area contributed by atoms with Gasteiger partial charge in [-0.15, -0.1) is 24.0 Å². The molecule has 2 aromatic heterocycles. The highest BCUT2D eigenvalue weighted by atomic mass is 127. The average Bonchev–Trinajstić information content (AvgIpc) is 3.50. The molecule has 0 bridgehead atoms. The summed E-state index contributed by atoms with van der Waals surface area (Å²) in [6, 6.07) is 3.66. The van der Waals surface area contributed by atoms with Gasteiger partial charge < -0.3 is 19.5 Å². The summed E-state index contributed by atoms with van der Waals surface area (Å²) in [4.78, 5) is 27.9.